The number of carbonyl (C=O) groups excluding carboxylic acids is 2. The fraction of sp³-hybridized carbons (Fsp3) is 0.542. The first kappa shape index (κ1) is 40.0. The summed E-state index contributed by atoms with van der Waals surface area (Å²) in [5.41, 5.74) is 2.74. The summed E-state index contributed by atoms with van der Waals surface area (Å²) in [6.07, 6.45) is 11.1. The smallest absolute Gasteiger partial charge is 0.322 e. The lowest BCUT2D eigenvalue weighted by Crippen LogP contribution is -2.80. The zero-order valence-electron chi connectivity index (χ0n) is 35.5. The Kier molecular flexibility index (Phi) is 9.93. The molecule has 1 spiro atoms. The monoisotopic (exact) mass is 804 g/mol. The Balaban J connectivity index is 1.35. The number of fused-ring (bicyclic) bond motifs is 6. The van der Waals surface area contributed by atoms with Gasteiger partial charge in [0.2, 0.25) is 0 Å². The summed E-state index contributed by atoms with van der Waals surface area (Å²) in [5, 5.41) is 14.7. The van der Waals surface area contributed by atoms with E-state index in [2.05, 4.69) is 88.7 Å². The van der Waals surface area contributed by atoms with Crippen LogP contribution in [-0.4, -0.2) is 123 Å². The average molecular weight is 805 g/mol. The Morgan fingerprint density at radius 3 is 2.64 bits per heavy atom. The predicted octanol–water partition coefficient (Wildman–Crippen LogP) is 5.83. The highest BCUT2D eigenvalue weighted by atomic mass is 16.6. The van der Waals surface area contributed by atoms with Gasteiger partial charge in [-0.3, -0.25) is 19.4 Å². The van der Waals surface area contributed by atoms with E-state index < -0.39 is 40.0 Å². The van der Waals surface area contributed by atoms with E-state index in [0.717, 1.165) is 91.0 Å². The van der Waals surface area contributed by atoms with Crippen LogP contribution in [-0.2, 0) is 41.1 Å². The number of benzene rings is 2. The predicted molar refractivity (Wildman–Crippen MR) is 228 cm³/mol. The van der Waals surface area contributed by atoms with Crippen molar-refractivity contribution in [2.24, 2.45) is 11.3 Å². The highest BCUT2D eigenvalue weighted by molar-refractivity contribution is 5.94. The van der Waals surface area contributed by atoms with Crippen LogP contribution in [0.4, 0.5) is 5.69 Å². The Labute approximate surface area is 348 Å². The number of nitrogens with zero attached hydrogens (tertiary/aromatic N) is 3. The number of likely N-dealkylation sites (N-methyl/N-ethyl adjacent to an activating group) is 1. The third-order valence-corrected chi connectivity index (χ3v) is 15.2. The maximum atomic E-state index is 15.3. The van der Waals surface area contributed by atoms with Gasteiger partial charge in [0.15, 0.2) is 0 Å². The maximum absolute atomic E-state index is 15.3. The molecule has 5 aliphatic heterocycles. The molecule has 1 aliphatic carbocycles. The summed E-state index contributed by atoms with van der Waals surface area (Å²) < 4.78 is 25.0. The number of rotatable bonds is 10. The van der Waals surface area contributed by atoms with Gasteiger partial charge in [0, 0.05) is 90.9 Å². The van der Waals surface area contributed by atoms with Gasteiger partial charge in [0.1, 0.15) is 22.9 Å². The number of hydrogen-bond donors (Lipinski definition) is 2. The number of aliphatic hydroxyl groups is 1. The van der Waals surface area contributed by atoms with Crippen molar-refractivity contribution in [3.63, 3.8) is 0 Å². The topological polar surface area (TPSA) is 117 Å². The molecule has 2 aromatic carbocycles. The van der Waals surface area contributed by atoms with Gasteiger partial charge in [0.25, 0.3) is 0 Å². The molecule has 9 rings (SSSR count). The molecule has 2 N–H and O–H groups in total. The Morgan fingerprint density at radius 2 is 1.92 bits per heavy atom. The molecule has 2 fully saturated rings. The third-order valence-electron chi connectivity index (χ3n) is 15.2. The Bertz CT molecular complexity index is 2250. The SMILES string of the molecule is C=CCOC[C@@]1(O)[C@H](OC(C)=O)[C@]2(CC)C=CCN3CC[C@@]4(c5cc([C@@]6(C(=O)OC)C[C@@H]7C=C(CC)CN(CCc8c6[nH]c6ccccc86)C7)c(OC)cc5N(C)[C@@H]14)C32. The Hall–Kier alpha value is -4.42. The lowest BCUT2D eigenvalue weighted by Gasteiger charge is -2.64. The van der Waals surface area contributed by atoms with Gasteiger partial charge in [-0.1, -0.05) is 61.9 Å². The molecular weight excluding hydrogens is 745 g/mol. The standard InChI is InChI=1S/C48H60N4O7/c1-8-22-58-29-48(55)42-46(18-21-52-19-13-17-45(10-3,41(46)52)43(48)59-30(4)53)35-24-36(39(56-6)25-38(35)50(42)5)47(44(54)57-7)26-32-23-31(9-2)27-51(28-32)20-16-34-33-14-11-12-15-37(33)49-40(34)47/h8,11-15,17,23-25,32,41-43,49,55H,1,9-10,16,18-22,26-29H2,2-7H3/t32-,41?,42+,43+,45+,46+,47-,48-/m0/s1. The summed E-state index contributed by atoms with van der Waals surface area (Å²) in [4.78, 5) is 39.5. The van der Waals surface area contributed by atoms with E-state index in [1.54, 1.807) is 13.2 Å². The van der Waals surface area contributed by atoms with Crippen LogP contribution >= 0.6 is 0 Å². The third kappa shape index (κ3) is 5.53. The van der Waals surface area contributed by atoms with Crippen molar-refractivity contribution >= 4 is 28.5 Å². The summed E-state index contributed by atoms with van der Waals surface area (Å²) in [5.74, 6) is -0.139. The number of para-hydroxylation sites is 1. The number of ether oxygens (including phenoxy) is 4. The van der Waals surface area contributed by atoms with Gasteiger partial charge in [-0.15, -0.1) is 6.58 Å². The molecule has 11 nitrogen and oxygen atoms in total. The molecule has 314 valence electrons. The molecule has 0 amide bonds. The van der Waals surface area contributed by atoms with Crippen LogP contribution in [0.15, 0.2) is 72.9 Å². The number of anilines is 1. The van der Waals surface area contributed by atoms with Crippen LogP contribution in [0.25, 0.3) is 10.9 Å². The zero-order chi connectivity index (χ0) is 41.5. The lowest BCUT2D eigenvalue weighted by atomic mass is 9.47. The van der Waals surface area contributed by atoms with Crippen LogP contribution < -0.4 is 9.64 Å². The molecule has 1 aromatic heterocycles. The Morgan fingerprint density at radius 1 is 1.10 bits per heavy atom. The minimum Gasteiger partial charge on any atom is -0.496 e. The second-order valence-corrected chi connectivity index (χ2v) is 18.0. The number of methoxy groups -OCH3 is 2. The van der Waals surface area contributed by atoms with E-state index in [1.165, 1.54) is 19.6 Å². The summed E-state index contributed by atoms with van der Waals surface area (Å²) in [6, 6.07) is 12.0. The van der Waals surface area contributed by atoms with Crippen LogP contribution in [0.5, 0.6) is 5.75 Å². The van der Waals surface area contributed by atoms with Crippen molar-refractivity contribution in [1.29, 1.82) is 0 Å². The number of esters is 2. The van der Waals surface area contributed by atoms with E-state index in [1.807, 2.05) is 13.1 Å². The van der Waals surface area contributed by atoms with E-state index >= 15 is 4.79 Å². The first-order chi connectivity index (χ1) is 28.5. The zero-order valence-corrected chi connectivity index (χ0v) is 35.5. The minimum atomic E-state index is -1.64. The van der Waals surface area contributed by atoms with Gasteiger partial charge in [-0.05, 0) is 67.8 Å². The number of aromatic nitrogens is 1. The molecule has 2 unspecified atom stereocenters. The quantitative estimate of drug-likeness (QED) is 0.148. The normalized spacial score (nSPS) is 34.4. The molecule has 59 heavy (non-hydrogen) atoms. The highest BCUT2D eigenvalue weighted by Crippen LogP contribution is 2.68. The minimum absolute atomic E-state index is 0.0613. The van der Waals surface area contributed by atoms with E-state index in [0.29, 0.717) is 18.6 Å². The second kappa shape index (κ2) is 14.6. The molecule has 6 aliphatic rings. The van der Waals surface area contributed by atoms with E-state index in [-0.39, 0.29) is 31.1 Å². The van der Waals surface area contributed by atoms with Crippen molar-refractivity contribution in [2.75, 3.05) is 72.1 Å². The fourth-order valence-electron chi connectivity index (χ4n) is 13.3. The van der Waals surface area contributed by atoms with Crippen LogP contribution in [0.3, 0.4) is 0 Å². The van der Waals surface area contributed by atoms with Crippen LogP contribution in [0, 0.1) is 11.3 Å². The number of H-pyrrole nitrogens is 1. The van der Waals surface area contributed by atoms with Gasteiger partial charge in [-0.25, -0.2) is 0 Å². The van der Waals surface area contributed by atoms with Crippen molar-refractivity contribution in [1.82, 2.24) is 14.8 Å². The summed E-state index contributed by atoms with van der Waals surface area (Å²) in [7, 11) is 5.21. The summed E-state index contributed by atoms with van der Waals surface area (Å²) >= 11 is 0. The largest absolute Gasteiger partial charge is 0.496 e. The molecule has 2 bridgehead atoms. The molecule has 6 heterocycles. The van der Waals surface area contributed by atoms with E-state index in [9.17, 15) is 9.90 Å². The van der Waals surface area contributed by atoms with E-state index in [4.69, 9.17) is 18.9 Å². The van der Waals surface area contributed by atoms with Gasteiger partial charge < -0.3 is 33.9 Å². The molecule has 3 aromatic rings. The van der Waals surface area contributed by atoms with Crippen molar-refractivity contribution in [3.8, 4) is 5.75 Å². The maximum Gasteiger partial charge on any atom is 0.322 e. The van der Waals surface area contributed by atoms with Crippen molar-refractivity contribution in [3.05, 3.63) is 95.2 Å². The van der Waals surface area contributed by atoms with Crippen molar-refractivity contribution in [2.45, 2.75) is 87.5 Å². The van der Waals surface area contributed by atoms with Crippen LogP contribution in [0.2, 0.25) is 0 Å². The molecule has 1 saturated carbocycles. The van der Waals surface area contributed by atoms with Gasteiger partial charge >= 0.3 is 11.9 Å². The summed E-state index contributed by atoms with van der Waals surface area (Å²) in [6.45, 7) is 14.0. The molecular formula is C48H60N4O7. The highest BCUT2D eigenvalue weighted by Gasteiger charge is 2.78. The number of nitrogens with one attached hydrogen (secondary N) is 1. The number of hydrogen-bond acceptors (Lipinski definition) is 10. The van der Waals surface area contributed by atoms with Crippen LogP contribution in [0.1, 0.15) is 68.8 Å². The fourth-order valence-corrected chi connectivity index (χ4v) is 13.3. The molecule has 1 saturated heterocycles. The lowest BCUT2D eigenvalue weighted by molar-refractivity contribution is -0.232. The van der Waals surface area contributed by atoms with Gasteiger partial charge in [-0.2, -0.15) is 0 Å². The average Bonchev–Trinajstić information content (AvgIpc) is 3.90. The second-order valence-electron chi connectivity index (χ2n) is 18.0. The molecule has 0 radical (unpaired) electrons. The molecule has 11 heteroatoms. The van der Waals surface area contributed by atoms with Crippen molar-refractivity contribution < 1.29 is 33.6 Å². The number of carbonyl (C=O) groups is 2. The number of aromatic amines is 1. The first-order valence-corrected chi connectivity index (χ1v) is 21.5. The molecule has 9 atom stereocenters. The first-order valence-electron chi connectivity index (χ1n) is 21.5. The van der Waals surface area contributed by atoms with Gasteiger partial charge in [0.05, 0.1) is 33.5 Å².